The Balaban J connectivity index is 2.44. The van der Waals surface area contributed by atoms with Gasteiger partial charge in [-0.1, -0.05) is 6.08 Å². The zero-order valence-corrected chi connectivity index (χ0v) is 12.7. The predicted molar refractivity (Wildman–Crippen MR) is 79.6 cm³/mol. The lowest BCUT2D eigenvalue weighted by Gasteiger charge is -2.23. The van der Waals surface area contributed by atoms with Crippen LogP contribution in [0.25, 0.3) is 5.57 Å². The molecular weight excluding hydrogens is 257 g/mol. The fourth-order valence-corrected chi connectivity index (χ4v) is 3.47. The Bertz CT molecular complexity index is 613. The van der Waals surface area contributed by atoms with Gasteiger partial charge in [-0.2, -0.15) is 0 Å². The molecule has 0 fully saturated rings. The summed E-state index contributed by atoms with van der Waals surface area (Å²) in [5.41, 5.74) is 9.67. The molecule has 1 unspecified atom stereocenters. The minimum absolute atomic E-state index is 0.149. The van der Waals surface area contributed by atoms with Crippen molar-refractivity contribution in [2.24, 2.45) is 5.73 Å². The van der Waals surface area contributed by atoms with E-state index >= 15 is 0 Å². The van der Waals surface area contributed by atoms with Crippen LogP contribution in [-0.4, -0.2) is 29.3 Å². The van der Waals surface area contributed by atoms with Crippen molar-refractivity contribution in [1.29, 1.82) is 0 Å². The molecule has 102 valence electrons. The van der Waals surface area contributed by atoms with E-state index < -0.39 is 7.14 Å². The van der Waals surface area contributed by atoms with Gasteiger partial charge in [0, 0.05) is 11.4 Å². The molecule has 0 aromatic carbocycles. The van der Waals surface area contributed by atoms with Crippen molar-refractivity contribution in [3.63, 3.8) is 0 Å². The molecule has 0 bridgehead atoms. The van der Waals surface area contributed by atoms with Gasteiger partial charge >= 0.3 is 0 Å². The van der Waals surface area contributed by atoms with Crippen molar-refractivity contribution in [3.05, 3.63) is 40.7 Å². The van der Waals surface area contributed by atoms with Crippen LogP contribution in [0, 0.1) is 13.8 Å². The smallest absolute Gasteiger partial charge is 0.107 e. The fourth-order valence-electron chi connectivity index (χ4n) is 2.11. The van der Waals surface area contributed by atoms with Crippen LogP contribution in [0.3, 0.4) is 0 Å². The van der Waals surface area contributed by atoms with Gasteiger partial charge in [0.05, 0.1) is 23.3 Å². The Morgan fingerprint density at radius 2 is 2.00 bits per heavy atom. The second-order valence-electron chi connectivity index (χ2n) is 5.35. The lowest BCUT2D eigenvalue weighted by molar-refractivity contribution is 0.583. The van der Waals surface area contributed by atoms with Crippen LogP contribution in [0.15, 0.2) is 23.7 Å². The minimum atomic E-state index is -2.33. The maximum atomic E-state index is 12.3. The largest absolute Gasteiger partial charge is 0.324 e. The van der Waals surface area contributed by atoms with Gasteiger partial charge in [0.15, 0.2) is 0 Å². The summed E-state index contributed by atoms with van der Waals surface area (Å²) in [5, 5.41) is 0.838. The lowest BCUT2D eigenvalue weighted by atomic mass is 10.0. The average molecular weight is 277 g/mol. The first-order chi connectivity index (χ1) is 8.79. The van der Waals surface area contributed by atoms with Gasteiger partial charge in [-0.3, -0.25) is 4.98 Å². The number of hydrogen-bond donors (Lipinski definition) is 1. The molecule has 1 aliphatic carbocycles. The van der Waals surface area contributed by atoms with Gasteiger partial charge in [-0.05, 0) is 45.2 Å². The first kappa shape index (κ1) is 14.2. The zero-order valence-electron chi connectivity index (χ0n) is 11.8. The monoisotopic (exact) mass is 277 g/mol. The second kappa shape index (κ2) is 5.03. The molecule has 1 atom stereocenters. The molecule has 0 saturated heterocycles. The topological polar surface area (TPSA) is 68.9 Å². The number of aromatic nitrogens is 2. The van der Waals surface area contributed by atoms with Crippen LogP contribution < -0.4 is 5.73 Å². The second-order valence-corrected chi connectivity index (χ2v) is 8.57. The summed E-state index contributed by atoms with van der Waals surface area (Å²) in [6, 6.07) is -0.149. The summed E-state index contributed by atoms with van der Waals surface area (Å²) >= 11 is 0. The highest BCUT2D eigenvalue weighted by molar-refractivity contribution is 7.66. The molecule has 19 heavy (non-hydrogen) atoms. The third kappa shape index (κ3) is 3.02. The Morgan fingerprint density at radius 3 is 2.58 bits per heavy atom. The van der Waals surface area contributed by atoms with Crippen LogP contribution in [0.1, 0.15) is 23.5 Å². The van der Waals surface area contributed by atoms with Gasteiger partial charge in [0.2, 0.25) is 0 Å². The third-order valence-corrected chi connectivity index (χ3v) is 5.09. The lowest BCUT2D eigenvalue weighted by Crippen LogP contribution is -2.24. The quantitative estimate of drug-likeness (QED) is 0.844. The summed E-state index contributed by atoms with van der Waals surface area (Å²) in [6.45, 7) is 7.39. The highest BCUT2D eigenvalue weighted by atomic mass is 31.2. The Kier molecular flexibility index (Phi) is 3.75. The van der Waals surface area contributed by atoms with Crippen molar-refractivity contribution in [3.8, 4) is 0 Å². The standard InChI is InChI=1S/C14H20N3OP/c1-9-10(2)17-13(8-16-9)11-5-6-12(15)14(7-11)19(3,4)18/h5,7-8,12H,6,15H2,1-4H3. The van der Waals surface area contributed by atoms with Crippen LogP contribution in [0.2, 0.25) is 0 Å². The molecule has 2 N–H and O–H groups in total. The molecule has 1 aromatic rings. The molecule has 1 aliphatic rings. The molecule has 4 nitrogen and oxygen atoms in total. The number of aryl methyl sites for hydroxylation is 2. The van der Waals surface area contributed by atoms with E-state index in [1.807, 2.05) is 26.0 Å². The number of nitrogens with zero attached hydrogens (tertiary/aromatic N) is 2. The van der Waals surface area contributed by atoms with Crippen molar-refractivity contribution >= 4 is 12.7 Å². The van der Waals surface area contributed by atoms with Crippen LogP contribution in [-0.2, 0) is 4.57 Å². The zero-order chi connectivity index (χ0) is 14.2. The summed E-state index contributed by atoms with van der Waals surface area (Å²) in [4.78, 5) is 8.86. The SMILES string of the molecule is Cc1ncc(C2=CCC(N)C(P(C)(C)=O)=C2)nc1C. The van der Waals surface area contributed by atoms with Gasteiger partial charge < -0.3 is 10.3 Å². The number of hydrogen-bond acceptors (Lipinski definition) is 4. The molecule has 0 radical (unpaired) electrons. The van der Waals surface area contributed by atoms with E-state index in [2.05, 4.69) is 9.97 Å². The van der Waals surface area contributed by atoms with Crippen LogP contribution in [0.4, 0.5) is 0 Å². The summed E-state index contributed by atoms with van der Waals surface area (Å²) < 4.78 is 12.3. The van der Waals surface area contributed by atoms with E-state index in [-0.39, 0.29) is 6.04 Å². The van der Waals surface area contributed by atoms with E-state index in [1.165, 1.54) is 0 Å². The van der Waals surface area contributed by atoms with Crippen molar-refractivity contribution in [2.45, 2.75) is 26.3 Å². The molecule has 0 saturated carbocycles. The molecule has 0 spiro atoms. The van der Waals surface area contributed by atoms with Crippen LogP contribution >= 0.6 is 7.14 Å². The highest BCUT2D eigenvalue weighted by Crippen LogP contribution is 2.50. The Hall–Kier alpha value is -1.25. The molecule has 0 amide bonds. The third-order valence-electron chi connectivity index (χ3n) is 3.38. The van der Waals surface area contributed by atoms with Crippen molar-refractivity contribution in [2.75, 3.05) is 13.3 Å². The summed E-state index contributed by atoms with van der Waals surface area (Å²) in [6.07, 6.45) is 6.42. The van der Waals surface area contributed by atoms with Gasteiger partial charge in [-0.25, -0.2) is 4.98 Å². The molecule has 1 heterocycles. The molecule has 5 heteroatoms. The predicted octanol–water partition coefficient (Wildman–Crippen LogP) is 2.71. The van der Waals surface area contributed by atoms with Gasteiger partial charge in [-0.15, -0.1) is 0 Å². The fraction of sp³-hybridized carbons (Fsp3) is 0.429. The van der Waals surface area contributed by atoms with E-state index in [9.17, 15) is 4.57 Å². The maximum Gasteiger partial charge on any atom is 0.107 e. The highest BCUT2D eigenvalue weighted by Gasteiger charge is 2.24. The van der Waals surface area contributed by atoms with Gasteiger partial charge in [0.25, 0.3) is 0 Å². The number of rotatable bonds is 2. The van der Waals surface area contributed by atoms with Crippen molar-refractivity contribution in [1.82, 2.24) is 9.97 Å². The normalized spacial score (nSPS) is 19.9. The van der Waals surface area contributed by atoms with Gasteiger partial charge in [0.1, 0.15) is 7.14 Å². The maximum absolute atomic E-state index is 12.3. The van der Waals surface area contributed by atoms with E-state index in [0.29, 0.717) is 6.42 Å². The summed E-state index contributed by atoms with van der Waals surface area (Å²) in [7, 11) is -2.33. The average Bonchev–Trinajstić information content (AvgIpc) is 2.32. The van der Waals surface area contributed by atoms with Crippen LogP contribution in [0.5, 0.6) is 0 Å². The molecule has 0 aliphatic heterocycles. The first-order valence-electron chi connectivity index (χ1n) is 6.32. The molecular formula is C14H20N3OP. The Morgan fingerprint density at radius 1 is 1.32 bits per heavy atom. The Labute approximate surface area is 114 Å². The van der Waals surface area contributed by atoms with E-state index in [4.69, 9.17) is 5.73 Å². The van der Waals surface area contributed by atoms with E-state index in [0.717, 1.165) is 28.0 Å². The first-order valence-corrected chi connectivity index (χ1v) is 8.92. The summed E-state index contributed by atoms with van der Waals surface area (Å²) in [5.74, 6) is 0. The molecule has 1 aromatic heterocycles. The molecule has 2 rings (SSSR count). The van der Waals surface area contributed by atoms with E-state index in [1.54, 1.807) is 19.5 Å². The number of allylic oxidation sites excluding steroid dienone is 2. The minimum Gasteiger partial charge on any atom is -0.324 e. The number of nitrogens with two attached hydrogens (primary N) is 1. The van der Waals surface area contributed by atoms with Crippen molar-refractivity contribution < 1.29 is 4.57 Å².